The number of carbonyl (C=O) groups is 4. The minimum absolute atomic E-state index is 0.0192. The number of hydrogen-bond acceptors (Lipinski definition) is 11. The first-order valence-corrected chi connectivity index (χ1v) is 21.0. The number of urea groups is 1. The first kappa shape index (κ1) is 40.2. The van der Waals surface area contributed by atoms with Crippen molar-refractivity contribution in [3.63, 3.8) is 0 Å². The van der Waals surface area contributed by atoms with E-state index in [0.29, 0.717) is 41.6 Å². The Balaban J connectivity index is 0.720. The Morgan fingerprint density at radius 2 is 1.75 bits per heavy atom. The number of morpholine rings is 1. The maximum atomic E-state index is 14.2. The molecule has 5 aliphatic heterocycles. The topological polar surface area (TPSA) is 166 Å². The van der Waals surface area contributed by atoms with Crippen LogP contribution in [0.25, 0.3) is 5.65 Å². The number of halogens is 3. The minimum Gasteiger partial charge on any atom is -0.374 e. The second-order valence-corrected chi connectivity index (χ2v) is 16.5. The molecular weight excluding hydrogens is 802 g/mol. The number of hydrogen-bond donors (Lipinski definition) is 2. The van der Waals surface area contributed by atoms with Crippen molar-refractivity contribution in [1.29, 1.82) is 0 Å². The minimum atomic E-state index is -2.87. The van der Waals surface area contributed by atoms with E-state index in [2.05, 4.69) is 35.5 Å². The molecule has 60 heavy (non-hydrogen) atoms. The van der Waals surface area contributed by atoms with Gasteiger partial charge in [-0.3, -0.25) is 34.2 Å². The zero-order valence-electron chi connectivity index (χ0n) is 33.0. The Morgan fingerprint density at radius 3 is 2.45 bits per heavy atom. The van der Waals surface area contributed by atoms with Gasteiger partial charge in [0.1, 0.15) is 11.4 Å². The quantitative estimate of drug-likeness (QED) is 0.198. The number of aromatic nitrogens is 5. The molecular formula is C40H47ClF2N12O5. The molecule has 20 heteroatoms. The number of amides is 5. The van der Waals surface area contributed by atoms with Gasteiger partial charge in [-0.15, -0.1) is 0 Å². The molecule has 1 aromatic carbocycles. The van der Waals surface area contributed by atoms with Gasteiger partial charge in [-0.1, -0.05) is 11.6 Å². The number of likely N-dealkylation sites (tertiary alicyclic amines) is 1. The molecule has 8 heterocycles. The molecule has 318 valence electrons. The van der Waals surface area contributed by atoms with E-state index in [1.54, 1.807) is 29.1 Å². The molecule has 4 aromatic rings. The zero-order valence-corrected chi connectivity index (χ0v) is 33.8. The lowest BCUT2D eigenvalue weighted by atomic mass is 10.0. The second kappa shape index (κ2) is 17.0. The third-order valence-corrected chi connectivity index (χ3v) is 12.7. The molecule has 5 aliphatic rings. The molecule has 0 radical (unpaired) electrons. The smallest absolute Gasteiger partial charge is 0.328 e. The van der Waals surface area contributed by atoms with E-state index in [-0.39, 0.29) is 54.2 Å². The summed E-state index contributed by atoms with van der Waals surface area (Å²) >= 11 is 6.37. The van der Waals surface area contributed by atoms with E-state index in [4.69, 9.17) is 21.3 Å². The summed E-state index contributed by atoms with van der Waals surface area (Å²) < 4.78 is 37.3. The lowest BCUT2D eigenvalue weighted by Gasteiger charge is -2.35. The van der Waals surface area contributed by atoms with Gasteiger partial charge in [-0.25, -0.2) is 23.1 Å². The molecule has 3 aromatic heterocycles. The molecule has 17 nitrogen and oxygen atoms in total. The molecule has 0 unspecified atom stereocenters. The summed E-state index contributed by atoms with van der Waals surface area (Å²) in [5.74, 6) is -0.316. The summed E-state index contributed by atoms with van der Waals surface area (Å²) in [6.45, 7) is 7.73. The molecule has 2 N–H and O–H groups in total. The summed E-state index contributed by atoms with van der Waals surface area (Å²) in [7, 11) is 0. The molecule has 5 fully saturated rings. The van der Waals surface area contributed by atoms with Crippen LogP contribution >= 0.6 is 11.6 Å². The Morgan fingerprint density at radius 1 is 0.983 bits per heavy atom. The summed E-state index contributed by atoms with van der Waals surface area (Å²) in [6.07, 6.45) is 6.59. The van der Waals surface area contributed by atoms with Gasteiger partial charge in [0.05, 0.1) is 47.4 Å². The summed E-state index contributed by atoms with van der Waals surface area (Å²) in [6, 6.07) is 6.36. The van der Waals surface area contributed by atoms with Crippen molar-refractivity contribution >= 4 is 58.2 Å². The van der Waals surface area contributed by atoms with E-state index in [9.17, 15) is 28.0 Å². The number of anilines is 3. The molecule has 9 rings (SSSR count). The van der Waals surface area contributed by atoms with Crippen LogP contribution in [0, 0.1) is 0 Å². The van der Waals surface area contributed by atoms with Crippen LogP contribution in [-0.2, 0) is 9.53 Å². The lowest BCUT2D eigenvalue weighted by Crippen LogP contribution is -2.50. The predicted octanol–water partition coefficient (Wildman–Crippen LogP) is 4.07. The van der Waals surface area contributed by atoms with Gasteiger partial charge in [-0.2, -0.15) is 10.2 Å². The highest BCUT2D eigenvalue weighted by molar-refractivity contribution is 6.34. The number of unbranched alkanes of at least 4 members (excludes halogenated alkanes) is 1. The monoisotopic (exact) mass is 848 g/mol. The molecule has 2 atom stereocenters. The molecule has 0 spiro atoms. The maximum absolute atomic E-state index is 14.2. The van der Waals surface area contributed by atoms with Crippen molar-refractivity contribution in [1.82, 2.24) is 44.4 Å². The highest BCUT2D eigenvalue weighted by Gasteiger charge is 2.40. The van der Waals surface area contributed by atoms with Crippen molar-refractivity contribution in [3.8, 4) is 0 Å². The molecule has 0 saturated carbocycles. The number of ether oxygens (including phenoxy) is 1. The van der Waals surface area contributed by atoms with Crippen LogP contribution in [0.5, 0.6) is 0 Å². The Kier molecular flexibility index (Phi) is 11.4. The van der Waals surface area contributed by atoms with E-state index in [0.717, 1.165) is 83.7 Å². The highest BCUT2D eigenvalue weighted by Crippen LogP contribution is 2.34. The van der Waals surface area contributed by atoms with E-state index >= 15 is 0 Å². The molecule has 5 saturated heterocycles. The third-order valence-electron chi connectivity index (χ3n) is 12.3. The summed E-state index contributed by atoms with van der Waals surface area (Å²) in [4.78, 5) is 65.7. The van der Waals surface area contributed by atoms with Crippen LogP contribution in [0.2, 0.25) is 5.02 Å². The predicted molar refractivity (Wildman–Crippen MR) is 217 cm³/mol. The van der Waals surface area contributed by atoms with Crippen molar-refractivity contribution in [2.24, 2.45) is 0 Å². The van der Waals surface area contributed by atoms with Crippen LogP contribution in [0.3, 0.4) is 0 Å². The van der Waals surface area contributed by atoms with Gasteiger partial charge in [0.2, 0.25) is 5.91 Å². The SMILES string of the molecule is O=C1CCN(c2cc(C(=O)N3CCN(CCCCN4CCC(n5cc(NC(=O)c6cnn7ccc(N8C[C@H]9C[C@@H]8CO9)nc67)c(C(F)F)n5)CC4)CC3)ccc2Cl)C(=O)N1. The van der Waals surface area contributed by atoms with Gasteiger partial charge in [0.25, 0.3) is 18.2 Å². The van der Waals surface area contributed by atoms with Crippen LogP contribution in [0.4, 0.5) is 30.8 Å². The summed E-state index contributed by atoms with van der Waals surface area (Å²) in [5.41, 5.74) is 0.899. The number of nitrogens with zero attached hydrogens (tertiary/aromatic N) is 10. The van der Waals surface area contributed by atoms with Gasteiger partial charge in [0, 0.05) is 76.7 Å². The van der Waals surface area contributed by atoms with Crippen LogP contribution in [0.1, 0.15) is 77.4 Å². The van der Waals surface area contributed by atoms with E-state index < -0.39 is 24.1 Å². The third kappa shape index (κ3) is 8.27. The van der Waals surface area contributed by atoms with Crippen molar-refractivity contribution in [2.75, 3.05) is 87.2 Å². The molecule has 5 amide bonds. The average molecular weight is 849 g/mol. The van der Waals surface area contributed by atoms with Gasteiger partial charge >= 0.3 is 6.03 Å². The van der Waals surface area contributed by atoms with Crippen LogP contribution < -0.4 is 20.4 Å². The Bertz CT molecular complexity index is 2270. The number of rotatable bonds is 12. The van der Waals surface area contributed by atoms with Crippen molar-refractivity contribution < 1.29 is 32.7 Å². The Hall–Kier alpha value is -5.24. The van der Waals surface area contributed by atoms with E-state index in [1.807, 2.05) is 11.0 Å². The standard InChI is InChI=1S/C40H47ClF2N12O5/c41-30-4-3-25(19-32(30)52-13-8-34(56)47-40(52)59)39(58)51-17-15-50(16-18-51)10-2-1-9-49-11-5-26(6-12-49)55-23-31(35(48-55)36(42)43)45-38(57)29-21-44-54-14-7-33(46-37(29)54)53-22-28-20-27(53)24-60-28/h3-4,7,14,19,21,23,26-28,36H,1-2,5-6,8-13,15-18,20,22,24H2,(H,45,57)(H,47,56,59)/t27-,28-/m1/s1. The summed E-state index contributed by atoms with van der Waals surface area (Å²) in [5, 5.41) is 13.8. The first-order chi connectivity index (χ1) is 29.1. The number of imide groups is 1. The van der Waals surface area contributed by atoms with Crippen LogP contribution in [0.15, 0.2) is 42.9 Å². The number of fused-ring (bicyclic) bond motifs is 3. The second-order valence-electron chi connectivity index (χ2n) is 16.1. The van der Waals surface area contributed by atoms with E-state index in [1.165, 1.54) is 21.8 Å². The fraction of sp³-hybridized carbons (Fsp3) is 0.525. The van der Waals surface area contributed by atoms with Gasteiger partial charge in [-0.05, 0) is 69.5 Å². The molecule has 2 bridgehead atoms. The molecule has 0 aliphatic carbocycles. The zero-order chi connectivity index (χ0) is 41.5. The number of carbonyl (C=O) groups excluding carboxylic acids is 4. The first-order valence-electron chi connectivity index (χ1n) is 20.6. The number of benzene rings is 1. The van der Waals surface area contributed by atoms with Gasteiger partial charge < -0.3 is 24.8 Å². The number of alkyl halides is 2. The maximum Gasteiger partial charge on any atom is 0.328 e. The fourth-order valence-electron chi connectivity index (χ4n) is 8.98. The number of piperidine rings is 1. The van der Waals surface area contributed by atoms with Crippen LogP contribution in [-0.4, -0.2) is 147 Å². The number of piperazine rings is 1. The number of nitrogens with one attached hydrogen (secondary N) is 2. The normalized spacial score (nSPS) is 21.8. The average Bonchev–Trinajstić information content (AvgIpc) is 4.08. The largest absolute Gasteiger partial charge is 0.374 e. The lowest BCUT2D eigenvalue weighted by molar-refractivity contribution is -0.120. The highest BCUT2D eigenvalue weighted by atomic mass is 35.5. The van der Waals surface area contributed by atoms with Gasteiger partial charge in [0.15, 0.2) is 11.3 Å². The van der Waals surface area contributed by atoms with Crippen molar-refractivity contribution in [2.45, 2.75) is 63.1 Å². The van der Waals surface area contributed by atoms with Crippen molar-refractivity contribution in [3.05, 3.63) is 64.7 Å². The fourth-order valence-corrected chi connectivity index (χ4v) is 9.20. The Labute approximate surface area is 349 Å².